The van der Waals surface area contributed by atoms with Crippen LogP contribution in [0.15, 0.2) is 6.07 Å². The number of hydrogen-bond acceptors (Lipinski definition) is 4. The van der Waals surface area contributed by atoms with Gasteiger partial charge in [0, 0.05) is 31.1 Å². The molecule has 5 heteroatoms. The Morgan fingerprint density at radius 3 is 2.86 bits per heavy atom. The van der Waals surface area contributed by atoms with Gasteiger partial charge in [0.15, 0.2) is 0 Å². The van der Waals surface area contributed by atoms with Gasteiger partial charge in [-0.3, -0.25) is 4.79 Å². The van der Waals surface area contributed by atoms with Gasteiger partial charge in [0.1, 0.15) is 5.69 Å². The Hall–Kier alpha value is -0.940. The molecule has 1 aromatic heterocycles. The fourth-order valence-electron chi connectivity index (χ4n) is 1.50. The molecule has 0 saturated carbocycles. The molecule has 2 heterocycles. The van der Waals surface area contributed by atoms with E-state index in [2.05, 4.69) is 9.69 Å². The summed E-state index contributed by atoms with van der Waals surface area (Å²) in [4.78, 5) is 14.8. The van der Waals surface area contributed by atoms with Gasteiger partial charge in [-0.1, -0.05) is 0 Å². The smallest absolute Gasteiger partial charge is 0.273 e. The zero-order valence-corrected chi connectivity index (χ0v) is 8.93. The van der Waals surface area contributed by atoms with Crippen LogP contribution in [-0.2, 0) is 0 Å². The van der Waals surface area contributed by atoms with Crippen molar-refractivity contribution in [3.63, 3.8) is 0 Å². The van der Waals surface area contributed by atoms with Crippen LogP contribution in [0.4, 0.5) is 0 Å². The summed E-state index contributed by atoms with van der Waals surface area (Å²) in [6, 6.07) is 1.86. The molecule has 76 valence electrons. The van der Waals surface area contributed by atoms with Crippen LogP contribution < -0.4 is 5.32 Å². The number of aryl methyl sites for hydroxylation is 1. The minimum Gasteiger partial charge on any atom is -0.335 e. The Kier molecular flexibility index (Phi) is 2.79. The molecule has 1 aliphatic heterocycles. The van der Waals surface area contributed by atoms with Crippen LogP contribution in [-0.4, -0.2) is 41.4 Å². The minimum absolute atomic E-state index is 0.0656. The summed E-state index contributed by atoms with van der Waals surface area (Å²) < 4.78 is 4.12. The molecule has 1 N–H and O–H groups in total. The van der Waals surface area contributed by atoms with Crippen LogP contribution in [0, 0.1) is 6.92 Å². The third-order valence-electron chi connectivity index (χ3n) is 2.25. The van der Waals surface area contributed by atoms with Crippen LogP contribution in [0.3, 0.4) is 0 Å². The molecule has 1 fully saturated rings. The van der Waals surface area contributed by atoms with E-state index in [1.54, 1.807) is 0 Å². The van der Waals surface area contributed by atoms with Gasteiger partial charge in [0.25, 0.3) is 5.91 Å². The van der Waals surface area contributed by atoms with Gasteiger partial charge in [-0.05, 0) is 24.5 Å². The average molecular weight is 211 g/mol. The van der Waals surface area contributed by atoms with Gasteiger partial charge in [0.05, 0.1) is 0 Å². The zero-order valence-electron chi connectivity index (χ0n) is 8.12. The van der Waals surface area contributed by atoms with Gasteiger partial charge in [-0.15, -0.1) is 0 Å². The average Bonchev–Trinajstić information content (AvgIpc) is 2.65. The normalized spacial score (nSPS) is 17.1. The van der Waals surface area contributed by atoms with Crippen molar-refractivity contribution >= 4 is 17.4 Å². The van der Waals surface area contributed by atoms with E-state index < -0.39 is 0 Å². The van der Waals surface area contributed by atoms with Crippen LogP contribution in [0.2, 0.25) is 0 Å². The fourth-order valence-corrected chi connectivity index (χ4v) is 2.03. The van der Waals surface area contributed by atoms with E-state index in [0.29, 0.717) is 5.69 Å². The molecule has 0 bridgehead atoms. The first-order valence-corrected chi connectivity index (χ1v) is 5.48. The Morgan fingerprint density at radius 1 is 1.57 bits per heavy atom. The molecule has 1 aliphatic rings. The summed E-state index contributed by atoms with van der Waals surface area (Å²) in [6.45, 7) is 5.31. The molecule has 0 aliphatic carbocycles. The van der Waals surface area contributed by atoms with E-state index in [1.165, 1.54) is 11.5 Å². The molecular formula is C9H13N3OS. The molecule has 14 heavy (non-hydrogen) atoms. The van der Waals surface area contributed by atoms with E-state index in [1.807, 2.05) is 17.9 Å². The van der Waals surface area contributed by atoms with Crippen molar-refractivity contribution in [1.82, 2.24) is 14.6 Å². The molecule has 0 unspecified atom stereocenters. The highest BCUT2D eigenvalue weighted by molar-refractivity contribution is 7.05. The van der Waals surface area contributed by atoms with Gasteiger partial charge < -0.3 is 10.2 Å². The quantitative estimate of drug-likeness (QED) is 0.735. The van der Waals surface area contributed by atoms with E-state index in [-0.39, 0.29) is 5.91 Å². The first-order chi connectivity index (χ1) is 6.77. The van der Waals surface area contributed by atoms with Gasteiger partial charge in [-0.25, -0.2) is 0 Å². The molecule has 0 radical (unpaired) electrons. The largest absolute Gasteiger partial charge is 0.335 e. The summed E-state index contributed by atoms with van der Waals surface area (Å²) in [5, 5.41) is 3.21. The second kappa shape index (κ2) is 4.06. The molecule has 0 aromatic carbocycles. The highest BCUT2D eigenvalue weighted by Gasteiger charge is 2.19. The third-order valence-corrected chi connectivity index (χ3v) is 2.95. The van der Waals surface area contributed by atoms with Crippen molar-refractivity contribution < 1.29 is 4.79 Å². The van der Waals surface area contributed by atoms with Crippen LogP contribution in [0.25, 0.3) is 0 Å². The maximum Gasteiger partial charge on any atom is 0.273 e. The molecular weight excluding hydrogens is 198 g/mol. The summed E-state index contributed by atoms with van der Waals surface area (Å²) in [7, 11) is 0. The lowest BCUT2D eigenvalue weighted by Crippen LogP contribution is -2.46. The highest BCUT2D eigenvalue weighted by atomic mass is 32.1. The lowest BCUT2D eigenvalue weighted by atomic mass is 10.3. The van der Waals surface area contributed by atoms with Gasteiger partial charge in [0.2, 0.25) is 0 Å². The Morgan fingerprint density at radius 2 is 2.29 bits per heavy atom. The number of rotatable bonds is 1. The predicted molar refractivity (Wildman–Crippen MR) is 55.6 cm³/mol. The van der Waals surface area contributed by atoms with E-state index in [9.17, 15) is 4.79 Å². The molecule has 0 atom stereocenters. The number of carbonyl (C=O) groups is 1. The lowest BCUT2D eigenvalue weighted by molar-refractivity contribution is 0.0731. The van der Waals surface area contributed by atoms with E-state index in [4.69, 9.17) is 0 Å². The van der Waals surface area contributed by atoms with Crippen LogP contribution in [0.5, 0.6) is 0 Å². The number of amides is 1. The minimum atomic E-state index is 0.0656. The summed E-state index contributed by atoms with van der Waals surface area (Å²) >= 11 is 1.38. The van der Waals surface area contributed by atoms with Gasteiger partial charge in [-0.2, -0.15) is 4.37 Å². The zero-order chi connectivity index (χ0) is 9.97. The summed E-state index contributed by atoms with van der Waals surface area (Å²) in [5.74, 6) is 0.0656. The number of piperazine rings is 1. The second-order valence-corrected chi connectivity index (χ2v) is 4.37. The third kappa shape index (κ3) is 1.93. The van der Waals surface area contributed by atoms with Crippen LogP contribution in [0.1, 0.15) is 15.4 Å². The Bertz CT molecular complexity index is 331. The SMILES string of the molecule is Cc1cc(C(=O)N2CCNCC2)ns1. The number of nitrogens with one attached hydrogen (secondary N) is 1. The fraction of sp³-hybridized carbons (Fsp3) is 0.556. The Labute approximate surface area is 87.1 Å². The Balaban J connectivity index is 2.07. The number of hydrogen-bond donors (Lipinski definition) is 1. The van der Waals surface area contributed by atoms with Crippen molar-refractivity contribution in [1.29, 1.82) is 0 Å². The molecule has 0 spiro atoms. The maximum atomic E-state index is 11.9. The second-order valence-electron chi connectivity index (χ2n) is 3.37. The van der Waals surface area contributed by atoms with Crippen LogP contribution >= 0.6 is 11.5 Å². The maximum absolute atomic E-state index is 11.9. The summed E-state index contributed by atoms with van der Waals surface area (Å²) in [5.41, 5.74) is 0.592. The highest BCUT2D eigenvalue weighted by Crippen LogP contribution is 2.10. The molecule has 4 nitrogen and oxygen atoms in total. The van der Waals surface area contributed by atoms with Gasteiger partial charge >= 0.3 is 0 Å². The number of aromatic nitrogens is 1. The first kappa shape index (κ1) is 9.61. The van der Waals surface area contributed by atoms with Crippen molar-refractivity contribution in [2.75, 3.05) is 26.2 Å². The van der Waals surface area contributed by atoms with Crippen molar-refractivity contribution in [3.05, 3.63) is 16.6 Å². The monoisotopic (exact) mass is 211 g/mol. The van der Waals surface area contributed by atoms with Crippen molar-refractivity contribution in [3.8, 4) is 0 Å². The molecule has 1 aromatic rings. The standard InChI is InChI=1S/C9H13N3OS/c1-7-6-8(11-14-7)9(13)12-4-2-10-3-5-12/h6,10H,2-5H2,1H3. The predicted octanol–water partition coefficient (Wildman–Crippen LogP) is 0.497. The summed E-state index contributed by atoms with van der Waals surface area (Å²) in [6.07, 6.45) is 0. The number of nitrogens with zero attached hydrogens (tertiary/aromatic N) is 2. The molecule has 1 saturated heterocycles. The number of carbonyl (C=O) groups excluding carboxylic acids is 1. The van der Waals surface area contributed by atoms with E-state index >= 15 is 0 Å². The van der Waals surface area contributed by atoms with Crippen molar-refractivity contribution in [2.45, 2.75) is 6.92 Å². The first-order valence-electron chi connectivity index (χ1n) is 4.70. The van der Waals surface area contributed by atoms with E-state index in [0.717, 1.165) is 31.1 Å². The molecule has 1 amide bonds. The lowest BCUT2D eigenvalue weighted by Gasteiger charge is -2.26. The molecule has 2 rings (SSSR count). The van der Waals surface area contributed by atoms with Crippen molar-refractivity contribution in [2.24, 2.45) is 0 Å². The topological polar surface area (TPSA) is 45.2 Å².